The Bertz CT molecular complexity index is 246. The lowest BCUT2D eigenvalue weighted by molar-refractivity contribution is 0.294. The van der Waals surface area contributed by atoms with Gasteiger partial charge >= 0.3 is 0 Å². The number of hydrogen-bond acceptors (Lipinski definition) is 4. The van der Waals surface area contributed by atoms with Crippen LogP contribution in [0.4, 0.5) is 0 Å². The molecule has 0 saturated heterocycles. The van der Waals surface area contributed by atoms with Gasteiger partial charge in [-0.3, -0.25) is 0 Å². The van der Waals surface area contributed by atoms with Crippen molar-refractivity contribution >= 4 is 0 Å². The summed E-state index contributed by atoms with van der Waals surface area (Å²) in [5.41, 5.74) is 5.53. The minimum atomic E-state index is 0.0297. The van der Waals surface area contributed by atoms with Gasteiger partial charge in [0, 0.05) is 12.1 Å². The maximum atomic E-state index is 5.53. The summed E-state index contributed by atoms with van der Waals surface area (Å²) in [7, 11) is 1.57. The van der Waals surface area contributed by atoms with Gasteiger partial charge in [0.2, 0.25) is 5.88 Å². The molecule has 1 aromatic heterocycles. The van der Waals surface area contributed by atoms with Gasteiger partial charge in [-0.25, -0.2) is 4.98 Å². The van der Waals surface area contributed by atoms with Crippen LogP contribution in [0.2, 0.25) is 0 Å². The van der Waals surface area contributed by atoms with Crippen molar-refractivity contribution in [2.24, 2.45) is 5.73 Å². The number of aromatic nitrogens is 1. The lowest BCUT2D eigenvalue weighted by Gasteiger charge is -2.08. The van der Waals surface area contributed by atoms with Gasteiger partial charge in [-0.05, 0) is 13.0 Å². The second-order valence-electron chi connectivity index (χ2n) is 2.82. The zero-order valence-corrected chi connectivity index (χ0v) is 7.86. The molecule has 0 spiro atoms. The van der Waals surface area contributed by atoms with Crippen molar-refractivity contribution in [2.45, 2.75) is 13.0 Å². The molecule has 4 heteroatoms. The van der Waals surface area contributed by atoms with E-state index in [4.69, 9.17) is 15.2 Å². The first kappa shape index (κ1) is 9.80. The van der Waals surface area contributed by atoms with Crippen molar-refractivity contribution in [3.05, 3.63) is 18.3 Å². The summed E-state index contributed by atoms with van der Waals surface area (Å²) in [5, 5.41) is 0. The predicted molar refractivity (Wildman–Crippen MR) is 49.9 cm³/mol. The molecule has 1 unspecified atom stereocenters. The van der Waals surface area contributed by atoms with Gasteiger partial charge in [-0.1, -0.05) is 0 Å². The minimum Gasteiger partial charge on any atom is -0.490 e. The van der Waals surface area contributed by atoms with E-state index in [1.54, 1.807) is 25.4 Å². The Morgan fingerprint density at radius 1 is 1.54 bits per heavy atom. The maximum absolute atomic E-state index is 5.53. The summed E-state index contributed by atoms with van der Waals surface area (Å²) in [4.78, 5) is 3.99. The van der Waals surface area contributed by atoms with E-state index < -0.39 is 0 Å². The highest BCUT2D eigenvalue weighted by Crippen LogP contribution is 2.12. The Morgan fingerprint density at radius 3 is 2.77 bits per heavy atom. The maximum Gasteiger partial charge on any atom is 0.213 e. The second-order valence-corrected chi connectivity index (χ2v) is 2.82. The van der Waals surface area contributed by atoms with Crippen molar-refractivity contribution in [1.29, 1.82) is 0 Å². The smallest absolute Gasteiger partial charge is 0.213 e. The summed E-state index contributed by atoms with van der Waals surface area (Å²) < 4.78 is 10.2. The summed E-state index contributed by atoms with van der Waals surface area (Å²) in [6.45, 7) is 2.38. The lowest BCUT2D eigenvalue weighted by atomic mass is 10.4. The zero-order valence-electron chi connectivity index (χ0n) is 7.86. The molecule has 13 heavy (non-hydrogen) atoms. The molecule has 0 amide bonds. The molecular formula is C9H14N2O2. The zero-order chi connectivity index (χ0) is 9.68. The number of rotatable bonds is 4. The Morgan fingerprint density at radius 2 is 2.31 bits per heavy atom. The molecule has 0 aliphatic heterocycles. The highest BCUT2D eigenvalue weighted by atomic mass is 16.5. The van der Waals surface area contributed by atoms with Crippen LogP contribution in [0.1, 0.15) is 6.92 Å². The van der Waals surface area contributed by atoms with Crippen molar-refractivity contribution in [1.82, 2.24) is 4.98 Å². The summed E-state index contributed by atoms with van der Waals surface area (Å²) >= 11 is 0. The average Bonchev–Trinajstić information content (AvgIpc) is 2.15. The molecule has 0 fully saturated rings. The van der Waals surface area contributed by atoms with E-state index in [9.17, 15) is 0 Å². The fourth-order valence-corrected chi connectivity index (χ4v) is 0.801. The number of hydrogen-bond donors (Lipinski definition) is 1. The number of ether oxygens (including phenoxy) is 2. The molecule has 1 rings (SSSR count). The van der Waals surface area contributed by atoms with E-state index in [2.05, 4.69) is 4.98 Å². The largest absolute Gasteiger partial charge is 0.490 e. The summed E-state index contributed by atoms with van der Waals surface area (Å²) in [6, 6.07) is 3.58. The normalized spacial score (nSPS) is 12.2. The average molecular weight is 182 g/mol. The van der Waals surface area contributed by atoms with Crippen LogP contribution in [-0.2, 0) is 0 Å². The van der Waals surface area contributed by atoms with E-state index in [-0.39, 0.29) is 6.04 Å². The van der Waals surface area contributed by atoms with Crippen LogP contribution in [0.3, 0.4) is 0 Å². The van der Waals surface area contributed by atoms with Gasteiger partial charge in [-0.2, -0.15) is 0 Å². The van der Waals surface area contributed by atoms with Gasteiger partial charge in [-0.15, -0.1) is 0 Å². The highest BCUT2D eigenvalue weighted by molar-refractivity contribution is 5.22. The third-order valence-electron chi connectivity index (χ3n) is 1.43. The van der Waals surface area contributed by atoms with E-state index in [0.717, 1.165) is 0 Å². The fraction of sp³-hybridized carbons (Fsp3) is 0.444. The highest BCUT2D eigenvalue weighted by Gasteiger charge is 1.97. The molecule has 1 heterocycles. The SMILES string of the molecule is COc1ccc(OCC(C)N)cn1. The van der Waals surface area contributed by atoms with Crippen molar-refractivity contribution in [2.75, 3.05) is 13.7 Å². The first-order chi connectivity index (χ1) is 6.22. The number of pyridine rings is 1. The molecular weight excluding hydrogens is 168 g/mol. The molecule has 72 valence electrons. The van der Waals surface area contributed by atoms with Crippen LogP contribution in [0.15, 0.2) is 18.3 Å². The topological polar surface area (TPSA) is 57.4 Å². The van der Waals surface area contributed by atoms with Crippen LogP contribution in [0.5, 0.6) is 11.6 Å². The van der Waals surface area contributed by atoms with Crippen LogP contribution >= 0.6 is 0 Å². The second kappa shape index (κ2) is 4.67. The molecule has 2 N–H and O–H groups in total. The molecule has 0 radical (unpaired) electrons. The molecule has 0 bridgehead atoms. The predicted octanol–water partition coefficient (Wildman–Crippen LogP) is 0.816. The first-order valence-corrected chi connectivity index (χ1v) is 4.11. The molecule has 0 aliphatic carbocycles. The van der Waals surface area contributed by atoms with Gasteiger partial charge < -0.3 is 15.2 Å². The Labute approximate surface area is 77.7 Å². The summed E-state index contributed by atoms with van der Waals surface area (Å²) in [5.74, 6) is 1.28. The van der Waals surface area contributed by atoms with E-state index in [1.807, 2.05) is 6.92 Å². The van der Waals surface area contributed by atoms with Gasteiger partial charge in [0.05, 0.1) is 13.3 Å². The van der Waals surface area contributed by atoms with Crippen LogP contribution < -0.4 is 15.2 Å². The van der Waals surface area contributed by atoms with Crippen LogP contribution in [0.25, 0.3) is 0 Å². The lowest BCUT2D eigenvalue weighted by Crippen LogP contribution is -2.23. The van der Waals surface area contributed by atoms with Crippen LogP contribution in [0, 0.1) is 0 Å². The van der Waals surface area contributed by atoms with E-state index >= 15 is 0 Å². The molecule has 1 aromatic rings. The number of nitrogens with zero attached hydrogens (tertiary/aromatic N) is 1. The van der Waals surface area contributed by atoms with Crippen molar-refractivity contribution < 1.29 is 9.47 Å². The quantitative estimate of drug-likeness (QED) is 0.748. The molecule has 0 aromatic carbocycles. The van der Waals surface area contributed by atoms with Gasteiger partial charge in [0.1, 0.15) is 12.4 Å². The Kier molecular flexibility index (Phi) is 3.52. The number of methoxy groups -OCH3 is 1. The first-order valence-electron chi connectivity index (χ1n) is 4.11. The van der Waals surface area contributed by atoms with Gasteiger partial charge in [0.25, 0.3) is 0 Å². The monoisotopic (exact) mass is 182 g/mol. The Hall–Kier alpha value is -1.29. The van der Waals surface area contributed by atoms with Crippen molar-refractivity contribution in [3.8, 4) is 11.6 Å². The number of nitrogens with two attached hydrogens (primary N) is 1. The van der Waals surface area contributed by atoms with Crippen LogP contribution in [-0.4, -0.2) is 24.7 Å². The molecule has 0 saturated carbocycles. The van der Waals surface area contributed by atoms with Gasteiger partial charge in [0.15, 0.2) is 0 Å². The minimum absolute atomic E-state index is 0.0297. The van der Waals surface area contributed by atoms with E-state index in [0.29, 0.717) is 18.2 Å². The third kappa shape index (κ3) is 3.29. The Balaban J connectivity index is 2.49. The van der Waals surface area contributed by atoms with E-state index in [1.165, 1.54) is 0 Å². The van der Waals surface area contributed by atoms with Crippen molar-refractivity contribution in [3.63, 3.8) is 0 Å². The molecule has 4 nitrogen and oxygen atoms in total. The fourth-order valence-electron chi connectivity index (χ4n) is 0.801. The molecule has 0 aliphatic rings. The summed E-state index contributed by atoms with van der Waals surface area (Å²) in [6.07, 6.45) is 1.61. The third-order valence-corrected chi connectivity index (χ3v) is 1.43. The standard InChI is InChI=1S/C9H14N2O2/c1-7(10)6-13-8-3-4-9(12-2)11-5-8/h3-5,7H,6,10H2,1-2H3. The molecule has 1 atom stereocenters.